The second kappa shape index (κ2) is 6.56. The highest BCUT2D eigenvalue weighted by atomic mass is 32.1. The molecular weight excluding hydrogens is 286 g/mol. The monoisotopic (exact) mass is 309 g/mol. The summed E-state index contributed by atoms with van der Waals surface area (Å²) in [5, 5.41) is 4.85. The molecule has 2 amide bonds. The topological polar surface area (TPSA) is 62.3 Å². The minimum absolute atomic E-state index is 0.0226. The molecule has 1 fully saturated rings. The van der Waals surface area contributed by atoms with E-state index in [9.17, 15) is 9.59 Å². The van der Waals surface area contributed by atoms with Crippen molar-refractivity contribution in [3.63, 3.8) is 0 Å². The lowest BCUT2D eigenvalue weighted by Crippen LogP contribution is -2.48. The predicted octanol–water partition coefficient (Wildman–Crippen LogP) is 2.04. The van der Waals surface area contributed by atoms with Crippen molar-refractivity contribution in [1.82, 2.24) is 15.2 Å². The van der Waals surface area contributed by atoms with Gasteiger partial charge in [-0.25, -0.2) is 4.98 Å². The smallest absolute Gasteiger partial charge is 0.227 e. The maximum atomic E-state index is 12.3. The van der Waals surface area contributed by atoms with E-state index in [1.165, 1.54) is 11.3 Å². The van der Waals surface area contributed by atoms with Crippen molar-refractivity contribution in [2.24, 2.45) is 11.3 Å². The molecule has 0 bridgehead atoms. The quantitative estimate of drug-likeness (QED) is 0.929. The standard InChI is InChI=1S/C15H23N3O2S/c1-15(2,3)14(20)18-6-4-5-11(8-18)13(19)16-7-12-9-21-10-17-12/h9-11H,4-8H2,1-3H3,(H,16,19)/t11-/m1/s1. The van der Waals surface area contributed by atoms with Crippen LogP contribution in [0.2, 0.25) is 0 Å². The van der Waals surface area contributed by atoms with Crippen LogP contribution in [0.15, 0.2) is 10.9 Å². The van der Waals surface area contributed by atoms with E-state index >= 15 is 0 Å². The Labute approximate surface area is 129 Å². The number of nitrogens with zero attached hydrogens (tertiary/aromatic N) is 2. The van der Waals surface area contributed by atoms with Gasteiger partial charge in [0.1, 0.15) is 0 Å². The molecule has 1 aliphatic heterocycles. The number of carbonyl (C=O) groups is 2. The molecule has 116 valence electrons. The first-order valence-corrected chi connectivity index (χ1v) is 8.26. The molecule has 0 aromatic carbocycles. The Morgan fingerprint density at radius 3 is 2.86 bits per heavy atom. The van der Waals surface area contributed by atoms with Crippen LogP contribution >= 0.6 is 11.3 Å². The van der Waals surface area contributed by atoms with Gasteiger partial charge in [-0.15, -0.1) is 11.3 Å². The van der Waals surface area contributed by atoms with Crippen molar-refractivity contribution in [3.05, 3.63) is 16.6 Å². The Morgan fingerprint density at radius 2 is 2.24 bits per heavy atom. The molecule has 2 rings (SSSR count). The van der Waals surface area contributed by atoms with E-state index in [0.29, 0.717) is 13.1 Å². The highest BCUT2D eigenvalue weighted by Gasteiger charge is 2.33. The molecule has 1 aliphatic rings. The Balaban J connectivity index is 1.88. The van der Waals surface area contributed by atoms with E-state index in [-0.39, 0.29) is 23.1 Å². The number of likely N-dealkylation sites (tertiary alicyclic amines) is 1. The van der Waals surface area contributed by atoms with Gasteiger partial charge in [-0.3, -0.25) is 9.59 Å². The highest BCUT2D eigenvalue weighted by molar-refractivity contribution is 7.07. The molecule has 21 heavy (non-hydrogen) atoms. The average Bonchev–Trinajstić information content (AvgIpc) is 2.96. The van der Waals surface area contributed by atoms with Crippen LogP contribution in [0.1, 0.15) is 39.3 Å². The summed E-state index contributed by atoms with van der Waals surface area (Å²) in [6.07, 6.45) is 1.73. The van der Waals surface area contributed by atoms with Crippen molar-refractivity contribution < 1.29 is 9.59 Å². The third-order valence-electron chi connectivity index (χ3n) is 3.65. The Hall–Kier alpha value is -1.43. The maximum Gasteiger partial charge on any atom is 0.227 e. The predicted molar refractivity (Wildman–Crippen MR) is 82.7 cm³/mol. The summed E-state index contributed by atoms with van der Waals surface area (Å²) in [5.74, 6) is 0.0394. The molecule has 1 aromatic rings. The summed E-state index contributed by atoms with van der Waals surface area (Å²) in [5.41, 5.74) is 2.25. The molecule has 1 N–H and O–H groups in total. The molecule has 2 heterocycles. The van der Waals surface area contributed by atoms with Crippen LogP contribution in [0.4, 0.5) is 0 Å². The van der Waals surface area contributed by atoms with Crippen molar-refractivity contribution in [3.8, 4) is 0 Å². The Kier molecular flexibility index (Phi) is 4.98. The minimum Gasteiger partial charge on any atom is -0.350 e. The molecule has 0 saturated carbocycles. The SMILES string of the molecule is CC(C)(C)C(=O)N1CCC[C@@H](C(=O)NCc2cscn2)C1. The lowest BCUT2D eigenvalue weighted by molar-refractivity contribution is -0.142. The minimum atomic E-state index is -0.390. The van der Waals surface area contributed by atoms with E-state index < -0.39 is 0 Å². The lowest BCUT2D eigenvalue weighted by Gasteiger charge is -2.35. The van der Waals surface area contributed by atoms with Gasteiger partial charge >= 0.3 is 0 Å². The molecule has 0 radical (unpaired) electrons. The third-order valence-corrected chi connectivity index (χ3v) is 4.28. The third kappa shape index (κ3) is 4.27. The molecule has 1 aromatic heterocycles. The van der Waals surface area contributed by atoms with Crippen LogP contribution in [0, 0.1) is 11.3 Å². The number of amides is 2. The molecular formula is C15H23N3O2S. The zero-order valence-electron chi connectivity index (χ0n) is 12.9. The van der Waals surface area contributed by atoms with Crippen LogP contribution < -0.4 is 5.32 Å². The fraction of sp³-hybridized carbons (Fsp3) is 0.667. The van der Waals surface area contributed by atoms with Crippen LogP contribution in [-0.2, 0) is 16.1 Å². The van der Waals surface area contributed by atoms with Crippen LogP contribution in [0.5, 0.6) is 0 Å². The maximum absolute atomic E-state index is 12.3. The molecule has 0 unspecified atom stereocenters. The summed E-state index contributed by atoms with van der Waals surface area (Å²) in [6, 6.07) is 0. The summed E-state index contributed by atoms with van der Waals surface area (Å²) in [7, 11) is 0. The Morgan fingerprint density at radius 1 is 1.48 bits per heavy atom. The fourth-order valence-electron chi connectivity index (χ4n) is 2.50. The van der Waals surface area contributed by atoms with E-state index in [1.807, 2.05) is 31.1 Å². The zero-order valence-corrected chi connectivity index (χ0v) is 13.7. The van der Waals surface area contributed by atoms with E-state index in [4.69, 9.17) is 0 Å². The second-order valence-corrected chi connectivity index (χ2v) is 7.26. The van der Waals surface area contributed by atoms with Crippen LogP contribution in [-0.4, -0.2) is 34.8 Å². The van der Waals surface area contributed by atoms with Crippen molar-refractivity contribution in [1.29, 1.82) is 0 Å². The zero-order chi connectivity index (χ0) is 15.5. The lowest BCUT2D eigenvalue weighted by atomic mass is 9.91. The first kappa shape index (κ1) is 15.9. The number of rotatable bonds is 3. The van der Waals surface area contributed by atoms with Crippen molar-refractivity contribution in [2.45, 2.75) is 40.2 Å². The van der Waals surface area contributed by atoms with E-state index in [2.05, 4.69) is 10.3 Å². The van der Waals surface area contributed by atoms with Gasteiger partial charge in [0.05, 0.1) is 23.7 Å². The van der Waals surface area contributed by atoms with Crippen molar-refractivity contribution in [2.75, 3.05) is 13.1 Å². The van der Waals surface area contributed by atoms with Crippen LogP contribution in [0.3, 0.4) is 0 Å². The molecule has 5 nitrogen and oxygen atoms in total. The van der Waals surface area contributed by atoms with Crippen molar-refractivity contribution >= 4 is 23.2 Å². The molecule has 6 heteroatoms. The molecule has 1 atom stereocenters. The summed E-state index contributed by atoms with van der Waals surface area (Å²) >= 11 is 1.52. The fourth-order valence-corrected chi connectivity index (χ4v) is 3.06. The van der Waals surface area contributed by atoms with E-state index in [1.54, 1.807) is 5.51 Å². The normalized spacial score (nSPS) is 19.4. The summed E-state index contributed by atoms with van der Waals surface area (Å²) in [6.45, 7) is 7.50. The summed E-state index contributed by atoms with van der Waals surface area (Å²) < 4.78 is 0. The van der Waals surface area contributed by atoms with Gasteiger partial charge in [-0.1, -0.05) is 20.8 Å². The van der Waals surface area contributed by atoms with Gasteiger partial charge in [-0.2, -0.15) is 0 Å². The second-order valence-electron chi connectivity index (χ2n) is 6.54. The first-order valence-electron chi connectivity index (χ1n) is 7.32. The number of hydrogen-bond donors (Lipinski definition) is 1. The molecule has 1 saturated heterocycles. The average molecular weight is 309 g/mol. The van der Waals surface area contributed by atoms with Gasteiger partial charge in [0.2, 0.25) is 11.8 Å². The Bertz CT molecular complexity index is 494. The highest BCUT2D eigenvalue weighted by Crippen LogP contribution is 2.23. The van der Waals surface area contributed by atoms with Gasteiger partial charge in [0.25, 0.3) is 0 Å². The number of thiazole rings is 1. The van der Waals surface area contributed by atoms with Gasteiger partial charge in [-0.05, 0) is 12.8 Å². The molecule has 0 aliphatic carbocycles. The molecule has 0 spiro atoms. The number of piperidine rings is 1. The first-order chi connectivity index (χ1) is 9.88. The van der Waals surface area contributed by atoms with Crippen LogP contribution in [0.25, 0.3) is 0 Å². The van der Waals surface area contributed by atoms with E-state index in [0.717, 1.165) is 25.1 Å². The number of nitrogens with one attached hydrogen (secondary N) is 1. The van der Waals surface area contributed by atoms with Gasteiger partial charge in [0.15, 0.2) is 0 Å². The van der Waals surface area contributed by atoms with Gasteiger partial charge < -0.3 is 10.2 Å². The number of hydrogen-bond acceptors (Lipinski definition) is 4. The largest absolute Gasteiger partial charge is 0.350 e. The van der Waals surface area contributed by atoms with Gasteiger partial charge in [0, 0.05) is 23.9 Å². The number of aromatic nitrogens is 1. The number of carbonyl (C=O) groups excluding carboxylic acids is 2. The summed E-state index contributed by atoms with van der Waals surface area (Å²) in [4.78, 5) is 30.5.